The monoisotopic (exact) mass is 357 g/mol. The quantitative estimate of drug-likeness (QED) is 0.737. The molecule has 0 spiro atoms. The van der Waals surface area contributed by atoms with Gasteiger partial charge in [0, 0.05) is 5.56 Å². The summed E-state index contributed by atoms with van der Waals surface area (Å²) in [6.07, 6.45) is 1.98. The Hall–Kier alpha value is -2.53. The van der Waals surface area contributed by atoms with Gasteiger partial charge < -0.3 is 10.1 Å². The van der Waals surface area contributed by atoms with Gasteiger partial charge in [-0.2, -0.15) is 5.26 Å². The van der Waals surface area contributed by atoms with Crippen molar-refractivity contribution in [2.75, 3.05) is 12.9 Å². The number of aromatic nitrogens is 3. The highest BCUT2D eigenvalue weighted by Crippen LogP contribution is 2.39. The van der Waals surface area contributed by atoms with E-state index in [0.717, 1.165) is 24.2 Å². The van der Waals surface area contributed by atoms with Crippen molar-refractivity contribution in [3.05, 3.63) is 24.3 Å². The van der Waals surface area contributed by atoms with E-state index in [1.807, 2.05) is 24.3 Å². The topological polar surface area (TPSA) is 104 Å². The van der Waals surface area contributed by atoms with Crippen LogP contribution < -0.4 is 10.1 Å². The van der Waals surface area contributed by atoms with Gasteiger partial charge in [0.2, 0.25) is 11.1 Å². The van der Waals surface area contributed by atoms with Crippen LogP contribution in [0.3, 0.4) is 0 Å². The fourth-order valence-corrected chi connectivity index (χ4v) is 3.13. The lowest BCUT2D eigenvalue weighted by molar-refractivity contribution is -0.119. The summed E-state index contributed by atoms with van der Waals surface area (Å²) in [4.78, 5) is 16.5. The van der Waals surface area contributed by atoms with E-state index in [2.05, 4.69) is 26.6 Å². The van der Waals surface area contributed by atoms with Crippen molar-refractivity contribution in [3.8, 4) is 23.2 Å². The molecule has 1 heterocycles. The van der Waals surface area contributed by atoms with Crippen LogP contribution in [0.5, 0.6) is 5.75 Å². The molecular formula is C17H19N5O2S. The highest BCUT2D eigenvalue weighted by molar-refractivity contribution is 7.99. The lowest BCUT2D eigenvalue weighted by Gasteiger charge is -2.22. The molecule has 2 aromatic rings. The summed E-state index contributed by atoms with van der Waals surface area (Å²) in [6, 6.07) is 9.67. The number of hydrogen-bond acceptors (Lipinski definition) is 6. The molecule has 1 amide bonds. The van der Waals surface area contributed by atoms with Crippen molar-refractivity contribution in [3.63, 3.8) is 0 Å². The molecule has 130 valence electrons. The first kappa shape index (κ1) is 17.3. The van der Waals surface area contributed by atoms with Crippen LogP contribution >= 0.6 is 11.8 Å². The summed E-state index contributed by atoms with van der Waals surface area (Å²) in [5.41, 5.74) is 0.112. The van der Waals surface area contributed by atoms with Crippen LogP contribution in [0.15, 0.2) is 29.4 Å². The predicted molar refractivity (Wildman–Crippen MR) is 94.0 cm³/mol. The molecule has 0 radical (unpaired) electrons. The molecule has 1 unspecified atom stereocenters. The van der Waals surface area contributed by atoms with Gasteiger partial charge in [-0.3, -0.25) is 9.89 Å². The largest absolute Gasteiger partial charge is 0.497 e. The lowest BCUT2D eigenvalue weighted by atomic mass is 9.98. The van der Waals surface area contributed by atoms with Crippen LogP contribution in [0.1, 0.15) is 19.8 Å². The van der Waals surface area contributed by atoms with Gasteiger partial charge in [-0.1, -0.05) is 11.8 Å². The highest BCUT2D eigenvalue weighted by Gasteiger charge is 2.42. The third kappa shape index (κ3) is 4.12. The van der Waals surface area contributed by atoms with E-state index in [0.29, 0.717) is 11.0 Å². The zero-order valence-electron chi connectivity index (χ0n) is 14.1. The van der Waals surface area contributed by atoms with E-state index in [4.69, 9.17) is 4.74 Å². The van der Waals surface area contributed by atoms with Crippen molar-refractivity contribution in [2.45, 2.75) is 30.5 Å². The van der Waals surface area contributed by atoms with Gasteiger partial charge in [-0.25, -0.2) is 4.98 Å². The molecule has 0 bridgehead atoms. The van der Waals surface area contributed by atoms with Gasteiger partial charge >= 0.3 is 0 Å². The fourth-order valence-electron chi connectivity index (χ4n) is 2.53. The van der Waals surface area contributed by atoms with Crippen molar-refractivity contribution in [1.29, 1.82) is 5.26 Å². The molecule has 1 atom stereocenters. The number of carbonyl (C=O) groups excluding carboxylic acids is 1. The molecule has 25 heavy (non-hydrogen) atoms. The van der Waals surface area contributed by atoms with Crippen LogP contribution in [0.25, 0.3) is 11.4 Å². The first-order chi connectivity index (χ1) is 12.0. The van der Waals surface area contributed by atoms with Gasteiger partial charge in [0.1, 0.15) is 11.3 Å². The average molecular weight is 357 g/mol. The highest BCUT2D eigenvalue weighted by atomic mass is 32.2. The van der Waals surface area contributed by atoms with Gasteiger partial charge in [-0.05, 0) is 49.9 Å². The van der Waals surface area contributed by atoms with Crippen LogP contribution in [0.4, 0.5) is 0 Å². The standard InChI is InChI=1S/C17H19N5O2S/c1-17(10-18,12-5-6-12)20-14(23)9-25-16-19-15(21-22-16)11-3-7-13(24-2)8-4-11/h3-4,7-8,12H,5-6,9H2,1-2H3,(H,20,23)(H,19,21,22). The van der Waals surface area contributed by atoms with Crippen molar-refractivity contribution in [1.82, 2.24) is 20.5 Å². The molecule has 2 N–H and O–H groups in total. The molecule has 1 aliphatic carbocycles. The zero-order chi connectivity index (χ0) is 17.9. The molecule has 1 aliphatic rings. The molecule has 0 saturated heterocycles. The van der Waals surface area contributed by atoms with Crippen molar-refractivity contribution >= 4 is 17.7 Å². The lowest BCUT2D eigenvalue weighted by Crippen LogP contribution is -2.47. The number of rotatable bonds is 7. The van der Waals surface area contributed by atoms with Crippen molar-refractivity contribution < 1.29 is 9.53 Å². The molecule has 0 aliphatic heterocycles. The van der Waals surface area contributed by atoms with E-state index < -0.39 is 5.54 Å². The van der Waals surface area contributed by atoms with Crippen LogP contribution in [-0.2, 0) is 4.79 Å². The summed E-state index contributed by atoms with van der Waals surface area (Å²) in [5, 5.41) is 19.6. The maximum Gasteiger partial charge on any atom is 0.231 e. The second-order valence-corrected chi connectivity index (χ2v) is 7.06. The Morgan fingerprint density at radius 2 is 2.20 bits per heavy atom. The Labute approximate surface area is 150 Å². The molecule has 1 saturated carbocycles. The third-order valence-corrected chi connectivity index (χ3v) is 5.03. The van der Waals surface area contributed by atoms with Crippen molar-refractivity contribution in [2.24, 2.45) is 5.92 Å². The summed E-state index contributed by atoms with van der Waals surface area (Å²) in [7, 11) is 1.61. The number of aromatic amines is 1. The second-order valence-electron chi connectivity index (χ2n) is 6.12. The summed E-state index contributed by atoms with van der Waals surface area (Å²) >= 11 is 1.24. The fraction of sp³-hybridized carbons (Fsp3) is 0.412. The normalized spacial score (nSPS) is 15.9. The number of nitriles is 1. The van der Waals surface area contributed by atoms with Gasteiger partial charge in [0.15, 0.2) is 5.82 Å². The Kier molecular flexibility index (Phi) is 4.95. The summed E-state index contributed by atoms with van der Waals surface area (Å²) in [6.45, 7) is 1.78. The zero-order valence-corrected chi connectivity index (χ0v) is 14.9. The van der Waals surface area contributed by atoms with Gasteiger partial charge in [-0.15, -0.1) is 5.10 Å². The molecule has 1 aromatic heterocycles. The minimum Gasteiger partial charge on any atom is -0.497 e. The minimum atomic E-state index is -0.773. The minimum absolute atomic E-state index is 0.171. The van der Waals surface area contributed by atoms with Crippen LogP contribution in [0.2, 0.25) is 0 Å². The smallest absolute Gasteiger partial charge is 0.231 e. The van der Waals surface area contributed by atoms with Crippen LogP contribution in [0, 0.1) is 17.2 Å². The maximum absolute atomic E-state index is 12.1. The molecule has 7 nitrogen and oxygen atoms in total. The van der Waals surface area contributed by atoms with Crippen LogP contribution in [-0.4, -0.2) is 39.5 Å². The molecule has 1 aromatic carbocycles. The maximum atomic E-state index is 12.1. The number of ether oxygens (including phenoxy) is 1. The number of carbonyl (C=O) groups is 1. The SMILES string of the molecule is COc1ccc(-c2nc(SCC(=O)NC(C)(C#N)C3CC3)n[nH]2)cc1. The molecule has 1 fully saturated rings. The first-order valence-corrected chi connectivity index (χ1v) is 8.94. The Bertz CT molecular complexity index is 794. The number of thioether (sulfide) groups is 1. The number of methoxy groups -OCH3 is 1. The van der Waals surface area contributed by atoms with E-state index in [9.17, 15) is 10.1 Å². The predicted octanol–water partition coefficient (Wildman–Crippen LogP) is 2.38. The third-order valence-electron chi connectivity index (χ3n) is 4.19. The number of hydrogen-bond donors (Lipinski definition) is 2. The number of nitrogens with one attached hydrogen (secondary N) is 2. The Morgan fingerprint density at radius 1 is 1.48 bits per heavy atom. The number of H-pyrrole nitrogens is 1. The van der Waals surface area contributed by atoms with E-state index in [1.54, 1.807) is 14.0 Å². The van der Waals surface area contributed by atoms with E-state index in [-0.39, 0.29) is 17.6 Å². The van der Waals surface area contributed by atoms with E-state index >= 15 is 0 Å². The molecule has 3 rings (SSSR count). The molecule has 8 heteroatoms. The second kappa shape index (κ2) is 7.15. The summed E-state index contributed by atoms with van der Waals surface area (Å²) in [5.74, 6) is 1.65. The van der Waals surface area contributed by atoms with Gasteiger partial charge in [0.05, 0.1) is 18.9 Å². The number of benzene rings is 1. The van der Waals surface area contributed by atoms with E-state index in [1.165, 1.54) is 11.8 Å². The van der Waals surface area contributed by atoms with Gasteiger partial charge in [0.25, 0.3) is 0 Å². The summed E-state index contributed by atoms with van der Waals surface area (Å²) < 4.78 is 5.13. The Balaban J connectivity index is 1.56. The number of amides is 1. The number of nitrogens with zero attached hydrogens (tertiary/aromatic N) is 3. The Morgan fingerprint density at radius 3 is 2.80 bits per heavy atom. The molecular weight excluding hydrogens is 338 g/mol. The first-order valence-electron chi connectivity index (χ1n) is 7.96. The average Bonchev–Trinajstić information content (AvgIpc) is 3.39.